The molecule has 20 heavy (non-hydrogen) atoms. The molecular formula is C12H15N3O4S. The van der Waals surface area contributed by atoms with E-state index in [0.29, 0.717) is 17.2 Å². The highest BCUT2D eigenvalue weighted by atomic mass is 32.2. The first-order chi connectivity index (χ1) is 9.44. The van der Waals surface area contributed by atoms with E-state index in [9.17, 15) is 14.9 Å². The van der Waals surface area contributed by atoms with Crippen LogP contribution < -0.4 is 5.73 Å². The van der Waals surface area contributed by atoms with Crippen LogP contribution in [0, 0.1) is 15.5 Å². The second-order valence-corrected chi connectivity index (χ2v) is 5.88. The topological polar surface area (TPSA) is 108 Å². The summed E-state index contributed by atoms with van der Waals surface area (Å²) in [6.07, 6.45) is 2.29. The molecule has 1 aliphatic carbocycles. The van der Waals surface area contributed by atoms with Gasteiger partial charge in [-0.15, -0.1) is 11.8 Å². The van der Waals surface area contributed by atoms with Gasteiger partial charge in [0.05, 0.1) is 24.5 Å². The van der Waals surface area contributed by atoms with Gasteiger partial charge in [-0.05, 0) is 18.3 Å². The number of pyridine rings is 1. The molecule has 2 N–H and O–H groups in total. The number of methoxy groups -OCH3 is 1. The molecule has 0 radical (unpaired) electrons. The summed E-state index contributed by atoms with van der Waals surface area (Å²) in [5, 5.41) is 11.3. The highest BCUT2D eigenvalue weighted by Gasteiger charge is 2.44. The normalized spacial score (nSPS) is 15.7. The fourth-order valence-electron chi connectivity index (χ4n) is 1.85. The van der Waals surface area contributed by atoms with Crippen molar-refractivity contribution in [3.63, 3.8) is 0 Å². The van der Waals surface area contributed by atoms with Gasteiger partial charge in [-0.25, -0.2) is 4.98 Å². The molecule has 8 heteroatoms. The van der Waals surface area contributed by atoms with Gasteiger partial charge in [0.25, 0.3) is 5.69 Å². The van der Waals surface area contributed by atoms with Crippen LogP contribution in [0.1, 0.15) is 19.3 Å². The number of ether oxygens (including phenoxy) is 1. The average Bonchev–Trinajstić information content (AvgIpc) is 3.16. The SMILES string of the molecule is COC(=O)CC1(CSc2cc([N+](=O)[O-])cc(N)n2)CC1. The molecule has 1 aromatic heterocycles. The highest BCUT2D eigenvalue weighted by Crippen LogP contribution is 2.52. The molecule has 0 spiro atoms. The lowest BCUT2D eigenvalue weighted by molar-refractivity contribution is -0.385. The maximum Gasteiger partial charge on any atom is 0.306 e. The van der Waals surface area contributed by atoms with Crippen molar-refractivity contribution in [1.82, 2.24) is 4.98 Å². The molecule has 108 valence electrons. The van der Waals surface area contributed by atoms with Gasteiger partial charge in [0.15, 0.2) is 0 Å². The largest absolute Gasteiger partial charge is 0.469 e. The molecule has 0 saturated heterocycles. The van der Waals surface area contributed by atoms with Gasteiger partial charge in [0.2, 0.25) is 0 Å². The number of hydrogen-bond donors (Lipinski definition) is 1. The number of hydrogen-bond acceptors (Lipinski definition) is 7. The van der Waals surface area contributed by atoms with Gasteiger partial charge < -0.3 is 10.5 Å². The number of esters is 1. The van der Waals surface area contributed by atoms with Crippen molar-refractivity contribution in [2.45, 2.75) is 24.3 Å². The lowest BCUT2D eigenvalue weighted by Gasteiger charge is -2.12. The molecule has 0 unspecified atom stereocenters. The van der Waals surface area contributed by atoms with Crippen molar-refractivity contribution in [1.29, 1.82) is 0 Å². The molecule has 7 nitrogen and oxygen atoms in total. The van der Waals surface area contributed by atoms with E-state index >= 15 is 0 Å². The summed E-state index contributed by atoms with van der Waals surface area (Å²) >= 11 is 1.38. The minimum atomic E-state index is -0.497. The standard InChI is InChI=1S/C12H15N3O4S/c1-19-11(16)6-12(2-3-12)7-20-10-5-8(15(17)18)4-9(13)14-10/h4-5H,2-3,6-7H2,1H3,(H2,13,14). The Labute approximate surface area is 120 Å². The molecule has 1 heterocycles. The van der Waals surface area contributed by atoms with Crippen LogP contribution in [-0.4, -0.2) is 28.7 Å². The number of carbonyl (C=O) groups is 1. The number of carbonyl (C=O) groups excluding carboxylic acids is 1. The molecule has 0 amide bonds. The minimum absolute atomic E-state index is 0.0567. The number of thioether (sulfide) groups is 1. The van der Waals surface area contributed by atoms with Crippen molar-refractivity contribution in [3.8, 4) is 0 Å². The molecule has 0 bridgehead atoms. The quantitative estimate of drug-likeness (QED) is 0.370. The van der Waals surface area contributed by atoms with Crippen LogP contribution >= 0.6 is 11.8 Å². The number of anilines is 1. The minimum Gasteiger partial charge on any atom is -0.469 e. The zero-order valence-corrected chi connectivity index (χ0v) is 11.8. The summed E-state index contributed by atoms with van der Waals surface area (Å²) < 4.78 is 4.67. The Bertz CT molecular complexity index is 546. The molecule has 0 atom stereocenters. The van der Waals surface area contributed by atoms with Crippen LogP contribution in [-0.2, 0) is 9.53 Å². The van der Waals surface area contributed by atoms with Crippen molar-refractivity contribution in [3.05, 3.63) is 22.2 Å². The molecule has 1 fully saturated rings. The summed E-state index contributed by atoms with van der Waals surface area (Å²) in [7, 11) is 1.37. The maximum atomic E-state index is 11.3. The van der Waals surface area contributed by atoms with Crippen LogP contribution in [0.3, 0.4) is 0 Å². The van der Waals surface area contributed by atoms with Crippen LogP contribution in [0.25, 0.3) is 0 Å². The van der Waals surface area contributed by atoms with Crippen LogP contribution in [0.5, 0.6) is 0 Å². The molecule has 1 saturated carbocycles. The number of nitrogen functional groups attached to an aromatic ring is 1. The van der Waals surface area contributed by atoms with E-state index in [-0.39, 0.29) is 22.9 Å². The van der Waals surface area contributed by atoms with E-state index in [2.05, 4.69) is 9.72 Å². The van der Waals surface area contributed by atoms with Gasteiger partial charge in [-0.2, -0.15) is 0 Å². The number of nitrogens with two attached hydrogens (primary N) is 1. The Morgan fingerprint density at radius 2 is 2.30 bits per heavy atom. The summed E-state index contributed by atoms with van der Waals surface area (Å²) in [6, 6.07) is 2.63. The van der Waals surface area contributed by atoms with E-state index in [4.69, 9.17) is 5.73 Å². The molecule has 1 aliphatic rings. The van der Waals surface area contributed by atoms with Gasteiger partial charge in [0, 0.05) is 11.8 Å². The van der Waals surface area contributed by atoms with E-state index in [1.165, 1.54) is 31.0 Å². The van der Waals surface area contributed by atoms with E-state index in [1.807, 2.05) is 0 Å². The van der Waals surface area contributed by atoms with Gasteiger partial charge >= 0.3 is 5.97 Å². The zero-order chi connectivity index (χ0) is 14.8. The third-order valence-electron chi connectivity index (χ3n) is 3.25. The number of nitrogens with zero attached hydrogens (tertiary/aromatic N) is 2. The fourth-order valence-corrected chi connectivity index (χ4v) is 3.06. The van der Waals surface area contributed by atoms with Crippen molar-refractivity contribution in [2.24, 2.45) is 5.41 Å². The number of aromatic nitrogens is 1. The lowest BCUT2D eigenvalue weighted by Crippen LogP contribution is -2.13. The Morgan fingerprint density at radius 1 is 1.60 bits per heavy atom. The summed E-state index contributed by atoms with van der Waals surface area (Å²) in [4.78, 5) is 25.6. The van der Waals surface area contributed by atoms with Gasteiger partial charge in [-0.3, -0.25) is 14.9 Å². The third kappa shape index (κ3) is 3.60. The fraction of sp³-hybridized carbons (Fsp3) is 0.500. The summed E-state index contributed by atoms with van der Waals surface area (Å²) in [5.41, 5.74) is 5.42. The predicted molar refractivity (Wildman–Crippen MR) is 74.3 cm³/mol. The molecular weight excluding hydrogens is 282 g/mol. The molecule has 2 rings (SSSR count). The van der Waals surface area contributed by atoms with Crippen LogP contribution in [0.4, 0.5) is 11.5 Å². The molecule has 1 aromatic rings. The first-order valence-corrected chi connectivity index (χ1v) is 7.04. The van der Waals surface area contributed by atoms with Crippen LogP contribution in [0.2, 0.25) is 0 Å². The third-order valence-corrected chi connectivity index (χ3v) is 4.51. The first kappa shape index (κ1) is 14.6. The van der Waals surface area contributed by atoms with E-state index in [0.717, 1.165) is 12.8 Å². The van der Waals surface area contributed by atoms with E-state index in [1.54, 1.807) is 0 Å². The Balaban J connectivity index is 2.01. The second kappa shape index (κ2) is 5.66. The average molecular weight is 297 g/mol. The summed E-state index contributed by atoms with van der Waals surface area (Å²) in [6.45, 7) is 0. The van der Waals surface area contributed by atoms with Crippen LogP contribution in [0.15, 0.2) is 17.2 Å². The highest BCUT2D eigenvalue weighted by molar-refractivity contribution is 7.99. The number of rotatable bonds is 6. The van der Waals surface area contributed by atoms with Crippen molar-refractivity contribution < 1.29 is 14.5 Å². The smallest absolute Gasteiger partial charge is 0.306 e. The summed E-state index contributed by atoms with van der Waals surface area (Å²) in [5.74, 6) is 0.574. The second-order valence-electron chi connectivity index (χ2n) is 4.89. The monoisotopic (exact) mass is 297 g/mol. The van der Waals surface area contributed by atoms with Gasteiger partial charge in [-0.1, -0.05) is 0 Å². The Hall–Kier alpha value is -1.83. The Kier molecular flexibility index (Phi) is 4.12. The van der Waals surface area contributed by atoms with Gasteiger partial charge in [0.1, 0.15) is 10.8 Å². The maximum absolute atomic E-state index is 11.3. The molecule has 0 aromatic carbocycles. The lowest BCUT2D eigenvalue weighted by atomic mass is 10.1. The molecule has 0 aliphatic heterocycles. The van der Waals surface area contributed by atoms with Crippen molar-refractivity contribution >= 4 is 29.2 Å². The zero-order valence-electron chi connectivity index (χ0n) is 11.0. The van der Waals surface area contributed by atoms with E-state index < -0.39 is 4.92 Å². The Morgan fingerprint density at radius 3 is 2.85 bits per heavy atom. The van der Waals surface area contributed by atoms with Crippen molar-refractivity contribution in [2.75, 3.05) is 18.6 Å². The predicted octanol–water partition coefficient (Wildman–Crippen LogP) is 2.01. The first-order valence-electron chi connectivity index (χ1n) is 6.06. The number of nitro groups is 1.